The fourth-order valence-corrected chi connectivity index (χ4v) is 3.13. The molecule has 0 atom stereocenters. The third-order valence-electron chi connectivity index (χ3n) is 4.71. The van der Waals surface area contributed by atoms with Gasteiger partial charge in [0.15, 0.2) is 0 Å². The predicted octanol–water partition coefficient (Wildman–Crippen LogP) is 3.24. The molecule has 2 aromatic rings. The summed E-state index contributed by atoms with van der Waals surface area (Å²) < 4.78 is 10.6. The Kier molecular flexibility index (Phi) is 5.64. The van der Waals surface area contributed by atoms with Gasteiger partial charge >= 0.3 is 0 Å². The van der Waals surface area contributed by atoms with Gasteiger partial charge in [0.2, 0.25) is 5.91 Å². The first kappa shape index (κ1) is 18.8. The van der Waals surface area contributed by atoms with Gasteiger partial charge in [0.05, 0.1) is 19.8 Å². The largest absolute Gasteiger partial charge is 0.497 e. The number of nitrogens with zero attached hydrogens (tertiary/aromatic N) is 2. The van der Waals surface area contributed by atoms with Crippen LogP contribution in [0.4, 0.5) is 5.69 Å². The van der Waals surface area contributed by atoms with Crippen molar-refractivity contribution in [1.29, 1.82) is 0 Å². The van der Waals surface area contributed by atoms with Gasteiger partial charge in [-0.25, -0.2) is 0 Å². The van der Waals surface area contributed by atoms with Gasteiger partial charge in [0.1, 0.15) is 18.2 Å². The summed E-state index contributed by atoms with van der Waals surface area (Å²) in [6.07, 6.45) is 1.35. The molecule has 1 aliphatic rings. The molecule has 0 aliphatic carbocycles. The molecule has 0 N–H and O–H groups in total. The van der Waals surface area contributed by atoms with Crippen molar-refractivity contribution in [2.75, 3.05) is 32.3 Å². The zero-order chi connectivity index (χ0) is 19.4. The highest BCUT2D eigenvalue weighted by atomic mass is 16.5. The minimum absolute atomic E-state index is 0.0709. The smallest absolute Gasteiger partial charge is 0.263 e. The normalized spacial score (nSPS) is 13.6. The molecule has 27 heavy (non-hydrogen) atoms. The molecule has 3 rings (SSSR count). The quantitative estimate of drug-likeness (QED) is 0.785. The van der Waals surface area contributed by atoms with E-state index in [0.29, 0.717) is 30.0 Å². The Bertz CT molecular complexity index is 833. The monoisotopic (exact) mass is 368 g/mol. The van der Waals surface area contributed by atoms with E-state index in [2.05, 4.69) is 0 Å². The molecule has 0 saturated carbocycles. The summed E-state index contributed by atoms with van der Waals surface area (Å²) in [5.74, 6) is 0.892. The zero-order valence-corrected chi connectivity index (χ0v) is 15.9. The van der Waals surface area contributed by atoms with Gasteiger partial charge in [-0.3, -0.25) is 14.5 Å². The molecule has 142 valence electrons. The summed E-state index contributed by atoms with van der Waals surface area (Å²) in [4.78, 5) is 28.8. The second-order valence-electron chi connectivity index (χ2n) is 6.54. The number of carbonyl (C=O) groups is 2. The third-order valence-corrected chi connectivity index (χ3v) is 4.71. The van der Waals surface area contributed by atoms with Crippen LogP contribution >= 0.6 is 0 Å². The van der Waals surface area contributed by atoms with Crippen LogP contribution in [-0.4, -0.2) is 44.1 Å². The number of rotatable bonds is 6. The van der Waals surface area contributed by atoms with Crippen LogP contribution in [0.5, 0.6) is 11.5 Å². The van der Waals surface area contributed by atoms with Gasteiger partial charge in [0, 0.05) is 24.7 Å². The van der Waals surface area contributed by atoms with Crippen LogP contribution in [0.25, 0.3) is 0 Å². The van der Waals surface area contributed by atoms with Crippen LogP contribution in [0.3, 0.4) is 0 Å². The highest BCUT2D eigenvalue weighted by Gasteiger charge is 2.28. The second kappa shape index (κ2) is 8.12. The lowest BCUT2D eigenvalue weighted by molar-refractivity contribution is -0.127. The van der Waals surface area contributed by atoms with E-state index < -0.39 is 0 Å². The van der Waals surface area contributed by atoms with Crippen molar-refractivity contribution in [2.45, 2.75) is 19.8 Å². The van der Waals surface area contributed by atoms with E-state index in [1.807, 2.05) is 31.2 Å². The van der Waals surface area contributed by atoms with Crippen molar-refractivity contribution in [3.05, 3.63) is 53.6 Å². The Hall–Kier alpha value is -3.02. The first-order chi connectivity index (χ1) is 13.0. The van der Waals surface area contributed by atoms with E-state index in [1.165, 1.54) is 7.11 Å². The number of ether oxygens (including phenoxy) is 2. The van der Waals surface area contributed by atoms with E-state index >= 15 is 0 Å². The average Bonchev–Trinajstić information content (AvgIpc) is 3.10. The maximum atomic E-state index is 13.4. The van der Waals surface area contributed by atoms with E-state index in [0.717, 1.165) is 17.7 Å². The molecule has 6 nitrogen and oxygen atoms in total. The van der Waals surface area contributed by atoms with Crippen molar-refractivity contribution in [3.63, 3.8) is 0 Å². The van der Waals surface area contributed by atoms with Crippen LogP contribution in [0.2, 0.25) is 0 Å². The van der Waals surface area contributed by atoms with E-state index in [4.69, 9.17) is 9.47 Å². The molecule has 1 aliphatic heterocycles. The maximum absolute atomic E-state index is 13.4. The first-order valence-corrected chi connectivity index (χ1v) is 8.92. The minimum atomic E-state index is -0.224. The SMILES string of the molecule is COc1ccc(C(=O)N(CN2CCCC2=O)c2ccc(C)cc2)c(OC)c1. The molecule has 2 aromatic carbocycles. The molecular formula is C21H24N2O4. The fourth-order valence-electron chi connectivity index (χ4n) is 3.13. The number of likely N-dealkylation sites (tertiary alicyclic amines) is 1. The van der Waals surface area contributed by atoms with Gasteiger partial charge in [-0.05, 0) is 37.6 Å². The van der Waals surface area contributed by atoms with Gasteiger partial charge in [-0.1, -0.05) is 17.7 Å². The topological polar surface area (TPSA) is 59.1 Å². The van der Waals surface area contributed by atoms with Gasteiger partial charge in [-0.15, -0.1) is 0 Å². The molecule has 0 spiro atoms. The third kappa shape index (κ3) is 4.05. The molecule has 1 heterocycles. The molecule has 0 radical (unpaired) electrons. The number of benzene rings is 2. The lowest BCUT2D eigenvalue weighted by atomic mass is 10.1. The molecule has 1 fully saturated rings. The van der Waals surface area contributed by atoms with E-state index in [-0.39, 0.29) is 18.5 Å². The van der Waals surface area contributed by atoms with E-state index in [1.54, 1.807) is 35.1 Å². The van der Waals surface area contributed by atoms with Crippen LogP contribution in [0.15, 0.2) is 42.5 Å². The summed E-state index contributed by atoms with van der Waals surface area (Å²) in [5, 5.41) is 0. The van der Waals surface area contributed by atoms with Crippen LogP contribution in [0.1, 0.15) is 28.8 Å². The highest BCUT2D eigenvalue weighted by molar-refractivity contribution is 6.08. The lowest BCUT2D eigenvalue weighted by Crippen LogP contribution is -2.42. The Morgan fingerprint density at radius 2 is 1.85 bits per heavy atom. The summed E-state index contributed by atoms with van der Waals surface area (Å²) in [7, 11) is 3.08. The van der Waals surface area contributed by atoms with E-state index in [9.17, 15) is 9.59 Å². The Balaban J connectivity index is 1.97. The van der Waals surface area contributed by atoms with Gasteiger partial charge in [-0.2, -0.15) is 0 Å². The zero-order valence-electron chi connectivity index (χ0n) is 15.9. The number of anilines is 1. The Labute approximate surface area is 159 Å². The number of amides is 2. The van der Waals surface area contributed by atoms with Crippen molar-refractivity contribution >= 4 is 17.5 Å². The molecule has 0 unspecified atom stereocenters. The first-order valence-electron chi connectivity index (χ1n) is 8.92. The number of hydrogen-bond acceptors (Lipinski definition) is 4. The predicted molar refractivity (Wildman–Crippen MR) is 103 cm³/mol. The molecule has 6 heteroatoms. The van der Waals surface area contributed by atoms with Crippen LogP contribution in [0, 0.1) is 6.92 Å². The highest BCUT2D eigenvalue weighted by Crippen LogP contribution is 2.28. The van der Waals surface area contributed by atoms with Crippen molar-refractivity contribution in [1.82, 2.24) is 4.90 Å². The Morgan fingerprint density at radius 3 is 2.44 bits per heavy atom. The Morgan fingerprint density at radius 1 is 1.11 bits per heavy atom. The van der Waals surface area contributed by atoms with Crippen LogP contribution < -0.4 is 14.4 Å². The number of aryl methyl sites for hydroxylation is 1. The van der Waals surface area contributed by atoms with Crippen molar-refractivity contribution in [3.8, 4) is 11.5 Å². The summed E-state index contributed by atoms with van der Waals surface area (Å²) in [5.41, 5.74) is 2.26. The van der Waals surface area contributed by atoms with Crippen molar-refractivity contribution in [2.24, 2.45) is 0 Å². The molecule has 2 amide bonds. The molecule has 1 saturated heterocycles. The molecular weight excluding hydrogens is 344 g/mol. The summed E-state index contributed by atoms with van der Waals surface area (Å²) >= 11 is 0. The maximum Gasteiger partial charge on any atom is 0.263 e. The molecule has 0 bridgehead atoms. The molecule has 0 aromatic heterocycles. The van der Waals surface area contributed by atoms with Gasteiger partial charge in [0.25, 0.3) is 5.91 Å². The number of carbonyl (C=O) groups excluding carboxylic acids is 2. The summed E-state index contributed by atoms with van der Waals surface area (Å²) in [6, 6.07) is 12.8. The average molecular weight is 368 g/mol. The fraction of sp³-hybridized carbons (Fsp3) is 0.333. The number of methoxy groups -OCH3 is 2. The second-order valence-corrected chi connectivity index (χ2v) is 6.54. The van der Waals surface area contributed by atoms with Crippen LogP contribution in [-0.2, 0) is 4.79 Å². The van der Waals surface area contributed by atoms with Crippen molar-refractivity contribution < 1.29 is 19.1 Å². The minimum Gasteiger partial charge on any atom is -0.497 e. The summed E-state index contributed by atoms with van der Waals surface area (Å²) in [6.45, 7) is 2.87. The lowest BCUT2D eigenvalue weighted by Gasteiger charge is -2.28. The van der Waals surface area contributed by atoms with Gasteiger partial charge < -0.3 is 14.4 Å². The number of hydrogen-bond donors (Lipinski definition) is 0. The standard InChI is InChI=1S/C21H24N2O4/c1-15-6-8-16(9-7-15)23(14-22-12-4-5-20(22)24)21(25)18-11-10-17(26-2)13-19(18)27-3/h6-11,13H,4-5,12,14H2,1-3H3.